The van der Waals surface area contributed by atoms with Crippen LogP contribution in [0.15, 0.2) is 41.1 Å². The molecule has 0 saturated carbocycles. The average Bonchev–Trinajstić information content (AvgIpc) is 2.75. The van der Waals surface area contributed by atoms with E-state index in [4.69, 9.17) is 4.42 Å². The molecule has 0 aliphatic carbocycles. The Hall–Kier alpha value is -1.61. The Morgan fingerprint density at radius 1 is 1.31 bits per heavy atom. The second-order valence-corrected chi connectivity index (χ2v) is 3.92. The van der Waals surface area contributed by atoms with Gasteiger partial charge in [-0.2, -0.15) is 0 Å². The number of nitrogens with zero attached hydrogens (tertiary/aromatic N) is 1. The molecule has 3 nitrogen and oxygen atoms in total. The van der Waals surface area contributed by atoms with E-state index in [1.54, 1.807) is 18.5 Å². The SMILES string of the molecule is Cc1occc1C(O)C(C)c1ccccn1. The third-order valence-corrected chi connectivity index (χ3v) is 2.85. The zero-order valence-corrected chi connectivity index (χ0v) is 9.42. The van der Waals surface area contributed by atoms with Gasteiger partial charge in [0.15, 0.2) is 0 Å². The minimum absolute atomic E-state index is 0.0440. The van der Waals surface area contributed by atoms with Gasteiger partial charge in [0.2, 0.25) is 0 Å². The summed E-state index contributed by atoms with van der Waals surface area (Å²) in [4.78, 5) is 4.25. The van der Waals surface area contributed by atoms with Crippen LogP contribution >= 0.6 is 0 Å². The van der Waals surface area contributed by atoms with Crippen molar-refractivity contribution in [3.8, 4) is 0 Å². The molecule has 2 heterocycles. The first-order valence-electron chi connectivity index (χ1n) is 5.33. The fourth-order valence-corrected chi connectivity index (χ4v) is 1.78. The number of aromatic nitrogens is 1. The third kappa shape index (κ3) is 1.99. The van der Waals surface area contributed by atoms with Crippen molar-refractivity contribution in [1.29, 1.82) is 0 Å². The fraction of sp³-hybridized carbons (Fsp3) is 0.308. The summed E-state index contributed by atoms with van der Waals surface area (Å²) in [5.41, 5.74) is 1.72. The first kappa shape index (κ1) is 10.9. The third-order valence-electron chi connectivity index (χ3n) is 2.85. The predicted molar refractivity (Wildman–Crippen MR) is 61.1 cm³/mol. The van der Waals surface area contributed by atoms with Gasteiger partial charge in [-0.05, 0) is 25.1 Å². The molecule has 0 aromatic carbocycles. The molecule has 2 rings (SSSR count). The molecule has 0 bridgehead atoms. The van der Waals surface area contributed by atoms with Gasteiger partial charge in [0.1, 0.15) is 5.76 Å². The molecule has 16 heavy (non-hydrogen) atoms. The van der Waals surface area contributed by atoms with E-state index in [0.29, 0.717) is 0 Å². The van der Waals surface area contributed by atoms with Gasteiger partial charge < -0.3 is 9.52 Å². The molecule has 0 aliphatic heterocycles. The molecule has 0 fully saturated rings. The topological polar surface area (TPSA) is 46.3 Å². The van der Waals surface area contributed by atoms with Crippen molar-refractivity contribution < 1.29 is 9.52 Å². The molecule has 0 amide bonds. The highest BCUT2D eigenvalue weighted by Crippen LogP contribution is 2.31. The zero-order chi connectivity index (χ0) is 11.5. The van der Waals surface area contributed by atoms with E-state index in [0.717, 1.165) is 17.0 Å². The van der Waals surface area contributed by atoms with E-state index in [2.05, 4.69) is 4.98 Å². The molecule has 2 unspecified atom stereocenters. The highest BCUT2D eigenvalue weighted by molar-refractivity contribution is 5.23. The molecule has 2 aromatic heterocycles. The average molecular weight is 217 g/mol. The van der Waals surface area contributed by atoms with Gasteiger partial charge >= 0.3 is 0 Å². The lowest BCUT2D eigenvalue weighted by Gasteiger charge is -2.17. The molecule has 2 atom stereocenters. The second-order valence-electron chi connectivity index (χ2n) is 3.92. The van der Waals surface area contributed by atoms with Gasteiger partial charge in [0.05, 0.1) is 12.4 Å². The predicted octanol–water partition coefficient (Wildman–Crippen LogP) is 2.82. The van der Waals surface area contributed by atoms with Crippen LogP contribution in [0.3, 0.4) is 0 Å². The minimum atomic E-state index is -0.575. The summed E-state index contributed by atoms with van der Waals surface area (Å²) < 4.78 is 5.19. The Labute approximate surface area is 94.8 Å². The molecule has 2 aromatic rings. The van der Waals surface area contributed by atoms with Crippen molar-refractivity contribution in [2.45, 2.75) is 25.9 Å². The smallest absolute Gasteiger partial charge is 0.106 e. The maximum Gasteiger partial charge on any atom is 0.106 e. The largest absolute Gasteiger partial charge is 0.469 e. The Kier molecular flexibility index (Phi) is 3.06. The minimum Gasteiger partial charge on any atom is -0.469 e. The second kappa shape index (κ2) is 4.49. The molecule has 0 radical (unpaired) electrons. The number of aryl methyl sites for hydroxylation is 1. The molecule has 3 heteroatoms. The number of hydrogen-bond acceptors (Lipinski definition) is 3. The number of pyridine rings is 1. The lowest BCUT2D eigenvalue weighted by molar-refractivity contribution is 0.148. The highest BCUT2D eigenvalue weighted by atomic mass is 16.3. The van der Waals surface area contributed by atoms with Crippen molar-refractivity contribution in [2.75, 3.05) is 0 Å². The lowest BCUT2D eigenvalue weighted by atomic mass is 9.94. The number of furan rings is 1. The van der Waals surface area contributed by atoms with Gasteiger partial charge in [0, 0.05) is 23.4 Å². The summed E-state index contributed by atoms with van der Waals surface area (Å²) in [5.74, 6) is 0.716. The van der Waals surface area contributed by atoms with E-state index < -0.39 is 6.10 Å². The summed E-state index contributed by atoms with van der Waals surface area (Å²) in [7, 11) is 0. The Morgan fingerprint density at radius 2 is 2.12 bits per heavy atom. The van der Waals surface area contributed by atoms with E-state index in [9.17, 15) is 5.11 Å². The molecule has 0 saturated heterocycles. The summed E-state index contributed by atoms with van der Waals surface area (Å²) in [6.45, 7) is 3.81. The summed E-state index contributed by atoms with van der Waals surface area (Å²) in [6.07, 6.45) is 2.76. The first-order valence-corrected chi connectivity index (χ1v) is 5.33. The van der Waals surface area contributed by atoms with Crippen molar-refractivity contribution in [1.82, 2.24) is 4.98 Å². The summed E-state index contributed by atoms with van der Waals surface area (Å²) >= 11 is 0. The van der Waals surface area contributed by atoms with Crippen molar-refractivity contribution in [3.63, 3.8) is 0 Å². The molecule has 0 aliphatic rings. The molecule has 84 valence electrons. The van der Waals surface area contributed by atoms with Crippen LogP contribution < -0.4 is 0 Å². The normalized spacial score (nSPS) is 14.7. The fourth-order valence-electron chi connectivity index (χ4n) is 1.78. The van der Waals surface area contributed by atoms with Gasteiger partial charge in [-0.1, -0.05) is 13.0 Å². The first-order chi connectivity index (χ1) is 7.70. The number of hydrogen-bond donors (Lipinski definition) is 1. The van der Waals surface area contributed by atoms with Gasteiger partial charge in [-0.15, -0.1) is 0 Å². The van der Waals surface area contributed by atoms with Gasteiger partial charge in [-0.3, -0.25) is 4.98 Å². The molecular formula is C13H15NO2. The Balaban J connectivity index is 2.23. The highest BCUT2D eigenvalue weighted by Gasteiger charge is 2.21. The molecular weight excluding hydrogens is 202 g/mol. The van der Waals surface area contributed by atoms with Crippen LogP contribution in [-0.2, 0) is 0 Å². The maximum absolute atomic E-state index is 10.2. The summed E-state index contributed by atoms with van der Waals surface area (Å²) in [6, 6.07) is 7.52. The van der Waals surface area contributed by atoms with Crippen LogP contribution in [0.5, 0.6) is 0 Å². The zero-order valence-electron chi connectivity index (χ0n) is 9.42. The standard InChI is InChI=1S/C13H15NO2/c1-9(12-5-3-4-7-14-12)13(15)11-6-8-16-10(11)2/h3-9,13,15H,1-2H3. The monoisotopic (exact) mass is 217 g/mol. The Morgan fingerprint density at radius 3 is 2.69 bits per heavy atom. The van der Waals surface area contributed by atoms with Crippen LogP contribution in [0.4, 0.5) is 0 Å². The van der Waals surface area contributed by atoms with Crippen LogP contribution in [0.2, 0.25) is 0 Å². The quantitative estimate of drug-likeness (QED) is 0.859. The van der Waals surface area contributed by atoms with E-state index in [1.807, 2.05) is 32.0 Å². The number of aliphatic hydroxyl groups is 1. The van der Waals surface area contributed by atoms with Crippen LogP contribution in [0.25, 0.3) is 0 Å². The maximum atomic E-state index is 10.2. The molecule has 0 spiro atoms. The lowest BCUT2D eigenvalue weighted by Crippen LogP contribution is -2.09. The molecule has 1 N–H and O–H groups in total. The number of rotatable bonds is 3. The number of aliphatic hydroxyl groups excluding tert-OH is 1. The van der Waals surface area contributed by atoms with Gasteiger partial charge in [-0.25, -0.2) is 0 Å². The van der Waals surface area contributed by atoms with Crippen LogP contribution in [0, 0.1) is 6.92 Å². The van der Waals surface area contributed by atoms with Crippen molar-refractivity contribution in [2.24, 2.45) is 0 Å². The van der Waals surface area contributed by atoms with Crippen molar-refractivity contribution in [3.05, 3.63) is 53.7 Å². The summed E-state index contributed by atoms with van der Waals surface area (Å²) in [5, 5.41) is 10.2. The van der Waals surface area contributed by atoms with E-state index in [1.165, 1.54) is 0 Å². The van der Waals surface area contributed by atoms with E-state index in [-0.39, 0.29) is 5.92 Å². The van der Waals surface area contributed by atoms with Gasteiger partial charge in [0.25, 0.3) is 0 Å². The van der Waals surface area contributed by atoms with Crippen molar-refractivity contribution >= 4 is 0 Å². The Bertz CT molecular complexity index is 450. The van der Waals surface area contributed by atoms with Crippen LogP contribution in [-0.4, -0.2) is 10.1 Å². The van der Waals surface area contributed by atoms with E-state index >= 15 is 0 Å². The van der Waals surface area contributed by atoms with Crippen LogP contribution in [0.1, 0.15) is 36.0 Å².